The Morgan fingerprint density at radius 1 is 0.724 bits per heavy atom. The molecule has 0 spiro atoms. The lowest BCUT2D eigenvalue weighted by Crippen LogP contribution is -2.32. The van der Waals surface area contributed by atoms with Crippen molar-refractivity contribution in [3.05, 3.63) is 30.6 Å². The van der Waals surface area contributed by atoms with Gasteiger partial charge in [-0.15, -0.1) is 0 Å². The van der Waals surface area contributed by atoms with Gasteiger partial charge in [0.25, 0.3) is 0 Å². The van der Waals surface area contributed by atoms with Gasteiger partial charge in [0.05, 0.1) is 0 Å². The molecule has 6 heteroatoms. The molecule has 0 amide bonds. The number of aromatic nitrogens is 1. The van der Waals surface area contributed by atoms with E-state index < -0.39 is 0 Å². The molecule has 1 rings (SSSR count). The summed E-state index contributed by atoms with van der Waals surface area (Å²) in [5.74, 6) is 0. The van der Waals surface area contributed by atoms with Gasteiger partial charge in [-0.1, -0.05) is 108 Å². The Labute approximate surface area is 191 Å². The summed E-state index contributed by atoms with van der Waals surface area (Å²) in [5, 5.41) is 17.1. The van der Waals surface area contributed by atoms with Crippen LogP contribution < -0.4 is 10.7 Å². The standard InChI is InChI=1S/C21H38N.2CHNS.H3N/c1-2-3-4-5-6-7-8-9-10-11-12-13-14-16-19-22-20-17-15-18-21-22;2*2-1-3;/h15,17-18,20-21H,2-14,16,19H2,1H3;2*3H;1H3/q+1;;;/p-1. The third kappa shape index (κ3) is 31.6. The Hall–Kier alpha value is -1.34. The van der Waals surface area contributed by atoms with Gasteiger partial charge in [0.2, 0.25) is 0 Å². The van der Waals surface area contributed by atoms with Crippen LogP contribution in [0.3, 0.4) is 0 Å². The van der Waals surface area contributed by atoms with Crippen molar-refractivity contribution >= 4 is 25.3 Å². The number of thiol groups is 1. The molecule has 0 aliphatic carbocycles. The van der Waals surface area contributed by atoms with Gasteiger partial charge in [-0.2, -0.15) is 5.26 Å². The van der Waals surface area contributed by atoms with Crippen molar-refractivity contribution in [2.24, 2.45) is 0 Å². The van der Waals surface area contributed by atoms with Crippen molar-refractivity contribution in [2.75, 3.05) is 0 Å². The van der Waals surface area contributed by atoms with E-state index in [-0.39, 0.29) is 6.15 Å². The number of nitrogens with zero attached hydrogens (tertiary/aromatic N) is 3. The molecule has 0 bridgehead atoms. The minimum atomic E-state index is 0. The van der Waals surface area contributed by atoms with Crippen LogP contribution in [0.5, 0.6) is 0 Å². The number of aryl methyl sites for hydroxylation is 1. The Morgan fingerprint density at radius 2 is 1.03 bits per heavy atom. The van der Waals surface area contributed by atoms with E-state index in [1.165, 1.54) is 107 Å². The number of pyridine rings is 1. The van der Waals surface area contributed by atoms with Gasteiger partial charge in [-0.25, -0.2) is 9.83 Å². The van der Waals surface area contributed by atoms with E-state index in [2.05, 4.69) is 67.3 Å². The lowest BCUT2D eigenvalue weighted by Gasteiger charge is -2.02. The summed E-state index contributed by atoms with van der Waals surface area (Å²) in [4.78, 5) is 0. The fourth-order valence-electron chi connectivity index (χ4n) is 3.07. The molecule has 0 aromatic carbocycles. The highest BCUT2D eigenvalue weighted by atomic mass is 32.1. The quantitative estimate of drug-likeness (QED) is 0.101. The number of thiocyanates is 2. The fraction of sp³-hybridized carbons (Fsp3) is 0.696. The van der Waals surface area contributed by atoms with Gasteiger partial charge in [0.15, 0.2) is 12.4 Å². The fourth-order valence-corrected chi connectivity index (χ4v) is 3.07. The zero-order valence-corrected chi connectivity index (χ0v) is 20.1. The first kappa shape index (κ1) is 32.3. The summed E-state index contributed by atoms with van der Waals surface area (Å²) < 4.78 is 2.29. The summed E-state index contributed by atoms with van der Waals surface area (Å²) in [6.45, 7) is 3.47. The summed E-state index contributed by atoms with van der Waals surface area (Å²) >= 11 is 6.79. The highest BCUT2D eigenvalue weighted by molar-refractivity contribution is 7.85. The second-order valence-electron chi connectivity index (χ2n) is 6.90. The number of hydrogen-bond donors (Lipinski definition) is 2. The number of rotatable bonds is 15. The summed E-state index contributed by atoms with van der Waals surface area (Å²) in [6.07, 6.45) is 24.4. The maximum absolute atomic E-state index is 7.18. The van der Waals surface area contributed by atoms with Crippen LogP contribution >= 0.6 is 12.6 Å². The van der Waals surface area contributed by atoms with Crippen molar-refractivity contribution in [2.45, 2.75) is 103 Å². The lowest BCUT2D eigenvalue weighted by molar-refractivity contribution is -0.697. The molecule has 0 saturated carbocycles. The van der Waals surface area contributed by atoms with Gasteiger partial charge >= 0.3 is 0 Å². The van der Waals surface area contributed by atoms with Crippen LogP contribution in [0.4, 0.5) is 0 Å². The van der Waals surface area contributed by atoms with Crippen molar-refractivity contribution in [1.29, 1.82) is 10.5 Å². The summed E-state index contributed by atoms with van der Waals surface area (Å²) in [7, 11) is 0. The highest BCUT2D eigenvalue weighted by Crippen LogP contribution is 2.12. The van der Waals surface area contributed by atoms with Crippen LogP contribution in [-0.2, 0) is 19.2 Å². The summed E-state index contributed by atoms with van der Waals surface area (Å²) in [6, 6.07) is 6.31. The molecular weight excluding hydrogens is 396 g/mol. The van der Waals surface area contributed by atoms with Crippen molar-refractivity contribution in [3.63, 3.8) is 0 Å². The molecule has 1 aromatic rings. The Balaban J connectivity index is -0.000000857. The van der Waals surface area contributed by atoms with E-state index in [4.69, 9.17) is 10.5 Å². The van der Waals surface area contributed by atoms with Crippen LogP contribution in [0, 0.1) is 21.3 Å². The van der Waals surface area contributed by atoms with Crippen molar-refractivity contribution in [1.82, 2.24) is 6.15 Å². The van der Waals surface area contributed by atoms with E-state index in [1.54, 1.807) is 0 Å². The number of nitriles is 2. The molecule has 0 unspecified atom stereocenters. The zero-order valence-electron chi connectivity index (χ0n) is 18.4. The van der Waals surface area contributed by atoms with Crippen molar-refractivity contribution < 1.29 is 4.57 Å². The van der Waals surface area contributed by atoms with Gasteiger partial charge in [-0.3, -0.25) is 0 Å². The molecule has 0 atom stereocenters. The van der Waals surface area contributed by atoms with Crippen LogP contribution in [0.25, 0.3) is 0 Å². The monoisotopic (exact) mass is 438 g/mol. The number of hydrogen-bond acceptors (Lipinski definition) is 5. The average Bonchev–Trinajstić information content (AvgIpc) is 2.70. The molecule has 0 fully saturated rings. The number of unbranched alkanes of at least 4 members (excludes halogenated alkanes) is 13. The SMILES string of the molecule is CCCCCCCCCCCCCCCC[n+]1ccccc1.N.N#CS.N#C[S-]. The predicted octanol–water partition coefficient (Wildman–Crippen LogP) is 7.03. The van der Waals surface area contributed by atoms with E-state index in [1.807, 2.05) is 0 Å². The average molecular weight is 439 g/mol. The van der Waals surface area contributed by atoms with Gasteiger partial charge in [0.1, 0.15) is 11.9 Å². The van der Waals surface area contributed by atoms with Crippen LogP contribution in [0.2, 0.25) is 0 Å². The minimum Gasteiger partial charge on any atom is -0.696 e. The maximum atomic E-state index is 7.18. The molecule has 0 aliphatic rings. The second-order valence-corrected chi connectivity index (χ2v) is 7.28. The van der Waals surface area contributed by atoms with Gasteiger partial charge in [0, 0.05) is 18.6 Å². The molecule has 166 valence electrons. The van der Waals surface area contributed by atoms with Gasteiger partial charge in [-0.05, 0) is 6.42 Å². The Morgan fingerprint density at radius 3 is 1.38 bits per heavy atom. The molecule has 4 nitrogen and oxygen atoms in total. The molecule has 3 N–H and O–H groups in total. The smallest absolute Gasteiger partial charge is 0.168 e. The van der Waals surface area contributed by atoms with Crippen molar-refractivity contribution in [3.8, 4) is 10.8 Å². The van der Waals surface area contributed by atoms with Crippen LogP contribution in [-0.4, -0.2) is 0 Å². The maximum Gasteiger partial charge on any atom is 0.168 e. The normalized spacial score (nSPS) is 8.83. The van der Waals surface area contributed by atoms with Gasteiger partial charge < -0.3 is 18.8 Å². The van der Waals surface area contributed by atoms with E-state index in [0.29, 0.717) is 0 Å². The molecular formula is C23H42N4S2. The minimum absolute atomic E-state index is 0. The van der Waals surface area contributed by atoms with Crippen LogP contribution in [0.15, 0.2) is 30.6 Å². The van der Waals surface area contributed by atoms with E-state index in [9.17, 15) is 0 Å². The topological polar surface area (TPSA) is 86.5 Å². The largest absolute Gasteiger partial charge is 0.696 e. The lowest BCUT2D eigenvalue weighted by atomic mass is 10.0. The Kier molecular flexibility index (Phi) is 35.0. The molecule has 1 heterocycles. The zero-order chi connectivity index (χ0) is 21.1. The molecule has 0 saturated heterocycles. The highest BCUT2D eigenvalue weighted by Gasteiger charge is 1.98. The first-order valence-corrected chi connectivity index (χ1v) is 11.6. The van der Waals surface area contributed by atoms with Crippen LogP contribution in [0.1, 0.15) is 96.8 Å². The molecule has 0 aliphatic heterocycles. The Bertz CT molecular complexity index is 472. The second kappa shape index (κ2) is 31.4. The summed E-state index contributed by atoms with van der Waals surface area (Å²) in [5.41, 5.74) is 0. The first-order valence-electron chi connectivity index (χ1n) is 10.7. The predicted molar refractivity (Wildman–Crippen MR) is 130 cm³/mol. The molecule has 29 heavy (non-hydrogen) atoms. The first-order chi connectivity index (χ1) is 13.8. The molecule has 1 aromatic heterocycles. The van der Waals surface area contributed by atoms with E-state index >= 15 is 0 Å². The van der Waals surface area contributed by atoms with E-state index in [0.717, 1.165) is 0 Å². The third-order valence-electron chi connectivity index (χ3n) is 4.55. The molecule has 0 radical (unpaired) electrons. The third-order valence-corrected chi connectivity index (χ3v) is 4.55.